The number of esters is 1. The van der Waals surface area contributed by atoms with E-state index in [2.05, 4.69) is 13.8 Å². The van der Waals surface area contributed by atoms with Gasteiger partial charge in [-0.15, -0.1) is 0 Å². The van der Waals surface area contributed by atoms with Crippen LogP contribution in [0.15, 0.2) is 11.6 Å². The first-order valence-corrected chi connectivity index (χ1v) is 13.6. The summed E-state index contributed by atoms with van der Waals surface area (Å²) in [5.41, 5.74) is 1.05. The van der Waals surface area contributed by atoms with Gasteiger partial charge in [0.2, 0.25) is 5.78 Å². The van der Waals surface area contributed by atoms with Crippen LogP contribution in [-0.4, -0.2) is 47.7 Å². The Morgan fingerprint density at radius 3 is 2.55 bits per heavy atom. The van der Waals surface area contributed by atoms with Gasteiger partial charge in [0.1, 0.15) is 0 Å². The Balaban J connectivity index is 1.45. The molecule has 3 fully saturated rings. The van der Waals surface area contributed by atoms with Crippen molar-refractivity contribution in [2.75, 3.05) is 5.75 Å². The first-order valence-electron chi connectivity index (χ1n) is 12.0. The first kappa shape index (κ1) is 24.5. The second-order valence-electron chi connectivity index (χ2n) is 10.9. The van der Waals surface area contributed by atoms with Crippen molar-refractivity contribution < 1.29 is 37.2 Å². The smallest absolute Gasteiger partial charge is 0.309 e. The van der Waals surface area contributed by atoms with Gasteiger partial charge in [-0.25, -0.2) is 0 Å². The molecule has 1 unspecified atom stereocenters. The second-order valence-corrected chi connectivity index (χ2v) is 12.5. The molecule has 9 heteroatoms. The van der Waals surface area contributed by atoms with Crippen LogP contribution < -0.4 is 0 Å². The third-order valence-corrected chi connectivity index (χ3v) is 10.1. The minimum absolute atomic E-state index is 0.0440. The summed E-state index contributed by atoms with van der Waals surface area (Å²) < 4.78 is 35.2. The van der Waals surface area contributed by atoms with Gasteiger partial charge in [-0.1, -0.05) is 19.4 Å². The summed E-state index contributed by atoms with van der Waals surface area (Å²) in [4.78, 5) is 36.9. The lowest BCUT2D eigenvalue weighted by Crippen LogP contribution is -2.51. The number of carbonyl (C=O) groups is 3. The second kappa shape index (κ2) is 8.57. The van der Waals surface area contributed by atoms with Gasteiger partial charge in [-0.2, -0.15) is 8.42 Å². The van der Waals surface area contributed by atoms with Crippen LogP contribution in [0.2, 0.25) is 0 Å². The van der Waals surface area contributed by atoms with E-state index in [1.165, 1.54) is 5.57 Å². The minimum Gasteiger partial charge on any atom is -0.428 e. The van der Waals surface area contributed by atoms with Gasteiger partial charge in [0.15, 0.2) is 5.78 Å². The highest BCUT2D eigenvalue weighted by molar-refractivity contribution is 7.85. The minimum atomic E-state index is -4.33. The molecule has 184 valence electrons. The maximum atomic E-state index is 13.1. The topological polar surface area (TPSA) is 135 Å². The maximum Gasteiger partial charge on any atom is 0.309 e. The summed E-state index contributed by atoms with van der Waals surface area (Å²) in [6.07, 6.45) is 6.05. The monoisotopic (exact) mass is 482 g/mol. The Bertz CT molecular complexity index is 984. The molecule has 0 aromatic rings. The maximum absolute atomic E-state index is 13.1. The largest absolute Gasteiger partial charge is 0.428 e. The average Bonchev–Trinajstić information content (AvgIpc) is 3.09. The fourth-order valence-electron chi connectivity index (χ4n) is 7.65. The molecule has 0 amide bonds. The van der Waals surface area contributed by atoms with E-state index in [-0.39, 0.29) is 16.6 Å². The highest BCUT2D eigenvalue weighted by Crippen LogP contribution is 2.66. The van der Waals surface area contributed by atoms with Crippen molar-refractivity contribution in [1.29, 1.82) is 0 Å². The van der Waals surface area contributed by atoms with Crippen LogP contribution in [-0.2, 0) is 29.2 Å². The van der Waals surface area contributed by atoms with Crippen molar-refractivity contribution in [3.63, 3.8) is 0 Å². The normalized spacial score (nSPS) is 39.0. The molecule has 0 spiro atoms. The molecule has 0 aromatic carbocycles. The number of ketones is 2. The zero-order valence-corrected chi connectivity index (χ0v) is 20.1. The highest BCUT2D eigenvalue weighted by atomic mass is 32.2. The SMILES string of the molecule is C[C@]12CC[C@H]3[C@@H](CCC4=CC(=O)CC[C@@]43C)[C@@H]1CC[C@@H]2C(=O)C(O)OC(=O)CCS(=O)(=O)O. The molecule has 0 bridgehead atoms. The van der Waals surface area contributed by atoms with Gasteiger partial charge < -0.3 is 9.84 Å². The van der Waals surface area contributed by atoms with Crippen molar-refractivity contribution in [2.45, 2.75) is 77.9 Å². The summed E-state index contributed by atoms with van der Waals surface area (Å²) in [6, 6.07) is 0. The van der Waals surface area contributed by atoms with Gasteiger partial charge in [0, 0.05) is 12.3 Å². The van der Waals surface area contributed by atoms with E-state index < -0.39 is 46.3 Å². The number of Topliss-reactive ketones (excluding diaryl/α,β-unsaturated/α-hetero) is 1. The van der Waals surface area contributed by atoms with Gasteiger partial charge in [0.25, 0.3) is 16.4 Å². The van der Waals surface area contributed by atoms with Crippen LogP contribution in [0.25, 0.3) is 0 Å². The average molecular weight is 483 g/mol. The van der Waals surface area contributed by atoms with Gasteiger partial charge >= 0.3 is 5.97 Å². The zero-order valence-electron chi connectivity index (χ0n) is 19.3. The molecule has 0 aromatic heterocycles. The van der Waals surface area contributed by atoms with Crippen LogP contribution >= 0.6 is 0 Å². The molecule has 4 rings (SSSR count). The number of hydrogen-bond acceptors (Lipinski definition) is 7. The van der Waals surface area contributed by atoms with Crippen LogP contribution in [0, 0.1) is 34.5 Å². The molecular formula is C24H34O8S. The van der Waals surface area contributed by atoms with Crippen molar-refractivity contribution in [2.24, 2.45) is 34.5 Å². The lowest BCUT2D eigenvalue weighted by molar-refractivity contribution is -0.180. The van der Waals surface area contributed by atoms with Gasteiger partial charge in [-0.3, -0.25) is 18.9 Å². The molecule has 0 saturated heterocycles. The van der Waals surface area contributed by atoms with E-state index in [1.807, 2.05) is 6.08 Å². The third kappa shape index (κ3) is 4.44. The molecule has 0 aliphatic heterocycles. The van der Waals surface area contributed by atoms with E-state index in [0.29, 0.717) is 30.6 Å². The Labute approximate surface area is 194 Å². The zero-order chi connectivity index (χ0) is 24.2. The molecule has 0 radical (unpaired) electrons. The van der Waals surface area contributed by atoms with Gasteiger partial charge in [-0.05, 0) is 79.6 Å². The lowest BCUT2D eigenvalue weighted by atomic mass is 9.46. The molecule has 4 aliphatic carbocycles. The molecule has 0 heterocycles. The predicted octanol–water partition coefficient (Wildman–Crippen LogP) is 2.84. The van der Waals surface area contributed by atoms with E-state index in [4.69, 9.17) is 9.29 Å². The summed E-state index contributed by atoms with van der Waals surface area (Å²) >= 11 is 0. The molecule has 33 heavy (non-hydrogen) atoms. The summed E-state index contributed by atoms with van der Waals surface area (Å²) in [5.74, 6) is -1.29. The standard InChI is InChI=1S/C24H34O8S/c1-23-10-7-15(25)13-14(23)3-4-16-17-5-6-19(24(17,2)11-8-18(16)23)21(27)22(28)32-20(26)9-12-33(29,30)31/h13,16-19,22,28H,3-12H2,1-2H3,(H,29,30,31)/t16-,17-,18-,19+,22?,23-,24-/m0/s1. The number of allylic oxidation sites excluding steroid dienone is 1. The van der Waals surface area contributed by atoms with Crippen LogP contribution in [0.1, 0.15) is 71.6 Å². The van der Waals surface area contributed by atoms with Crippen molar-refractivity contribution in [3.8, 4) is 0 Å². The molecule has 4 aliphatic rings. The Morgan fingerprint density at radius 1 is 1.12 bits per heavy atom. The van der Waals surface area contributed by atoms with E-state index in [0.717, 1.165) is 38.5 Å². The molecular weight excluding hydrogens is 448 g/mol. The lowest BCUT2D eigenvalue weighted by Gasteiger charge is -2.58. The van der Waals surface area contributed by atoms with E-state index in [1.54, 1.807) is 0 Å². The van der Waals surface area contributed by atoms with E-state index in [9.17, 15) is 27.9 Å². The van der Waals surface area contributed by atoms with Gasteiger partial charge in [0.05, 0.1) is 12.2 Å². The van der Waals surface area contributed by atoms with Crippen LogP contribution in [0.5, 0.6) is 0 Å². The summed E-state index contributed by atoms with van der Waals surface area (Å²) in [5, 5.41) is 10.3. The molecule has 7 atom stereocenters. The predicted molar refractivity (Wildman–Crippen MR) is 118 cm³/mol. The Kier molecular flexibility index (Phi) is 6.38. The number of ether oxygens (including phenoxy) is 1. The van der Waals surface area contributed by atoms with Crippen LogP contribution in [0.3, 0.4) is 0 Å². The number of hydrogen-bond donors (Lipinski definition) is 2. The fourth-order valence-corrected chi connectivity index (χ4v) is 8.08. The highest BCUT2D eigenvalue weighted by Gasteiger charge is 2.60. The summed E-state index contributed by atoms with van der Waals surface area (Å²) in [6.45, 7) is 4.42. The number of aliphatic hydroxyl groups is 1. The van der Waals surface area contributed by atoms with E-state index >= 15 is 0 Å². The number of aliphatic hydroxyl groups excluding tert-OH is 1. The number of carbonyl (C=O) groups excluding carboxylic acids is 3. The quantitative estimate of drug-likeness (QED) is 0.335. The first-order chi connectivity index (χ1) is 15.3. The molecule has 3 saturated carbocycles. The third-order valence-electron chi connectivity index (χ3n) is 9.36. The molecule has 8 nitrogen and oxygen atoms in total. The van der Waals surface area contributed by atoms with Crippen molar-refractivity contribution >= 4 is 27.7 Å². The fraction of sp³-hybridized carbons (Fsp3) is 0.792. The molecule has 2 N–H and O–H groups in total. The van der Waals surface area contributed by atoms with Crippen molar-refractivity contribution in [3.05, 3.63) is 11.6 Å². The van der Waals surface area contributed by atoms with Crippen LogP contribution in [0.4, 0.5) is 0 Å². The Morgan fingerprint density at radius 2 is 1.85 bits per heavy atom. The number of rotatable bonds is 6. The summed E-state index contributed by atoms with van der Waals surface area (Å²) in [7, 11) is -4.33. The van der Waals surface area contributed by atoms with Crippen molar-refractivity contribution in [1.82, 2.24) is 0 Å². The number of fused-ring (bicyclic) bond motifs is 5. The Hall–Kier alpha value is -1.58.